The predicted octanol–water partition coefficient (Wildman–Crippen LogP) is 3.58. The van der Waals surface area contributed by atoms with Crippen molar-refractivity contribution in [2.45, 2.75) is 39.0 Å². The molecule has 0 bridgehead atoms. The Morgan fingerprint density at radius 1 is 1.22 bits per heavy atom. The molecule has 18 heavy (non-hydrogen) atoms. The van der Waals surface area contributed by atoms with Crippen molar-refractivity contribution in [3.8, 4) is 5.75 Å². The van der Waals surface area contributed by atoms with Gasteiger partial charge in [-0.05, 0) is 61.9 Å². The van der Waals surface area contributed by atoms with E-state index in [0.29, 0.717) is 5.92 Å². The highest BCUT2D eigenvalue weighted by atomic mass is 16.5. The standard InChI is InChI=1S/C16H25NO/c1-3-13(2)15-4-6-16(7-5-15)18-12-14-8-10-17-11-9-14/h4-7,13-14,17H,3,8-12H2,1-2H3. The average Bonchev–Trinajstić information content (AvgIpc) is 2.46. The van der Waals surface area contributed by atoms with Gasteiger partial charge in [0.1, 0.15) is 5.75 Å². The van der Waals surface area contributed by atoms with E-state index in [1.165, 1.54) is 24.8 Å². The van der Waals surface area contributed by atoms with E-state index in [9.17, 15) is 0 Å². The Morgan fingerprint density at radius 3 is 2.50 bits per heavy atom. The highest BCUT2D eigenvalue weighted by molar-refractivity contribution is 5.29. The number of piperidine rings is 1. The zero-order chi connectivity index (χ0) is 12.8. The molecule has 1 unspecified atom stereocenters. The van der Waals surface area contributed by atoms with Crippen LogP contribution in [0.25, 0.3) is 0 Å². The fraction of sp³-hybridized carbons (Fsp3) is 0.625. The molecule has 1 heterocycles. The Labute approximate surface area is 111 Å². The predicted molar refractivity (Wildman–Crippen MR) is 76.2 cm³/mol. The Hall–Kier alpha value is -1.02. The van der Waals surface area contributed by atoms with E-state index in [0.717, 1.165) is 31.4 Å². The molecule has 0 saturated carbocycles. The van der Waals surface area contributed by atoms with Gasteiger partial charge in [0.15, 0.2) is 0 Å². The van der Waals surface area contributed by atoms with Gasteiger partial charge in [-0.25, -0.2) is 0 Å². The monoisotopic (exact) mass is 247 g/mol. The molecular weight excluding hydrogens is 222 g/mol. The second-order valence-electron chi connectivity index (χ2n) is 5.38. The van der Waals surface area contributed by atoms with Gasteiger partial charge in [-0.15, -0.1) is 0 Å². The van der Waals surface area contributed by atoms with E-state index >= 15 is 0 Å². The Morgan fingerprint density at radius 2 is 1.89 bits per heavy atom. The van der Waals surface area contributed by atoms with E-state index < -0.39 is 0 Å². The molecule has 0 amide bonds. The van der Waals surface area contributed by atoms with E-state index in [-0.39, 0.29) is 0 Å². The lowest BCUT2D eigenvalue weighted by molar-refractivity contribution is 0.215. The smallest absolute Gasteiger partial charge is 0.119 e. The van der Waals surface area contributed by atoms with Crippen LogP contribution in [0.3, 0.4) is 0 Å². The normalized spacial score (nSPS) is 18.6. The molecular formula is C16H25NO. The lowest BCUT2D eigenvalue weighted by atomic mass is 9.98. The molecule has 1 saturated heterocycles. The fourth-order valence-electron chi connectivity index (χ4n) is 2.39. The number of hydrogen-bond acceptors (Lipinski definition) is 2. The van der Waals surface area contributed by atoms with Gasteiger partial charge in [0, 0.05) is 0 Å². The fourth-order valence-corrected chi connectivity index (χ4v) is 2.39. The third-order valence-electron chi connectivity index (χ3n) is 4.01. The molecule has 0 spiro atoms. The summed E-state index contributed by atoms with van der Waals surface area (Å²) in [5, 5.41) is 3.38. The van der Waals surface area contributed by atoms with Crippen LogP contribution in [0, 0.1) is 5.92 Å². The minimum Gasteiger partial charge on any atom is -0.493 e. The number of rotatable bonds is 5. The van der Waals surface area contributed by atoms with Gasteiger partial charge in [-0.1, -0.05) is 26.0 Å². The Bertz CT molecular complexity index is 341. The first kappa shape index (κ1) is 13.4. The summed E-state index contributed by atoms with van der Waals surface area (Å²) in [5.74, 6) is 2.38. The summed E-state index contributed by atoms with van der Waals surface area (Å²) < 4.78 is 5.89. The molecule has 2 heteroatoms. The summed E-state index contributed by atoms with van der Waals surface area (Å²) in [4.78, 5) is 0. The van der Waals surface area contributed by atoms with Crippen LogP contribution in [-0.4, -0.2) is 19.7 Å². The van der Waals surface area contributed by atoms with Crippen molar-refractivity contribution in [2.24, 2.45) is 5.92 Å². The second kappa shape index (κ2) is 6.79. The Balaban J connectivity index is 1.82. The Kier molecular flexibility index (Phi) is 5.06. The zero-order valence-electron chi connectivity index (χ0n) is 11.6. The quantitative estimate of drug-likeness (QED) is 0.858. The molecule has 1 aliphatic rings. The largest absolute Gasteiger partial charge is 0.493 e. The van der Waals surface area contributed by atoms with Crippen molar-refractivity contribution >= 4 is 0 Å². The highest BCUT2D eigenvalue weighted by Crippen LogP contribution is 2.22. The third kappa shape index (κ3) is 3.74. The molecule has 2 rings (SSSR count). The molecule has 2 nitrogen and oxygen atoms in total. The van der Waals surface area contributed by atoms with Gasteiger partial charge < -0.3 is 10.1 Å². The minimum atomic E-state index is 0.642. The summed E-state index contributed by atoms with van der Waals surface area (Å²) in [7, 11) is 0. The van der Waals surface area contributed by atoms with Crippen LogP contribution in [0.1, 0.15) is 44.6 Å². The maximum atomic E-state index is 5.89. The van der Waals surface area contributed by atoms with Gasteiger partial charge in [-0.2, -0.15) is 0 Å². The lowest BCUT2D eigenvalue weighted by Gasteiger charge is -2.22. The first-order valence-corrected chi connectivity index (χ1v) is 7.23. The topological polar surface area (TPSA) is 21.3 Å². The van der Waals surface area contributed by atoms with Crippen molar-refractivity contribution in [3.05, 3.63) is 29.8 Å². The van der Waals surface area contributed by atoms with Gasteiger partial charge in [-0.3, -0.25) is 0 Å². The van der Waals surface area contributed by atoms with Crippen LogP contribution in [0.2, 0.25) is 0 Å². The van der Waals surface area contributed by atoms with Gasteiger partial charge in [0.05, 0.1) is 6.61 Å². The van der Waals surface area contributed by atoms with Crippen molar-refractivity contribution < 1.29 is 4.74 Å². The molecule has 100 valence electrons. The molecule has 1 fully saturated rings. The van der Waals surface area contributed by atoms with Gasteiger partial charge in [0.2, 0.25) is 0 Å². The molecule has 1 atom stereocenters. The zero-order valence-corrected chi connectivity index (χ0v) is 11.6. The maximum Gasteiger partial charge on any atom is 0.119 e. The number of ether oxygens (including phenoxy) is 1. The third-order valence-corrected chi connectivity index (χ3v) is 4.01. The molecule has 1 aromatic rings. The van der Waals surface area contributed by atoms with Crippen molar-refractivity contribution in [1.29, 1.82) is 0 Å². The first-order valence-electron chi connectivity index (χ1n) is 7.23. The molecule has 0 radical (unpaired) electrons. The van der Waals surface area contributed by atoms with Crippen LogP contribution in [0.4, 0.5) is 0 Å². The second-order valence-corrected chi connectivity index (χ2v) is 5.38. The summed E-state index contributed by atoms with van der Waals surface area (Å²) in [6.45, 7) is 7.64. The van der Waals surface area contributed by atoms with E-state index in [1.807, 2.05) is 0 Å². The maximum absolute atomic E-state index is 5.89. The van der Waals surface area contributed by atoms with Crippen LogP contribution in [0.15, 0.2) is 24.3 Å². The van der Waals surface area contributed by atoms with E-state index in [2.05, 4.69) is 43.4 Å². The first-order chi connectivity index (χ1) is 8.79. The molecule has 1 aromatic carbocycles. The summed E-state index contributed by atoms with van der Waals surface area (Å²) in [6.07, 6.45) is 3.67. The van der Waals surface area contributed by atoms with Crippen molar-refractivity contribution in [3.63, 3.8) is 0 Å². The van der Waals surface area contributed by atoms with Crippen LogP contribution in [0.5, 0.6) is 5.75 Å². The number of nitrogens with one attached hydrogen (secondary N) is 1. The lowest BCUT2D eigenvalue weighted by Crippen LogP contribution is -2.30. The van der Waals surface area contributed by atoms with Crippen LogP contribution in [-0.2, 0) is 0 Å². The number of hydrogen-bond donors (Lipinski definition) is 1. The highest BCUT2D eigenvalue weighted by Gasteiger charge is 2.13. The van der Waals surface area contributed by atoms with Crippen molar-refractivity contribution in [1.82, 2.24) is 5.32 Å². The average molecular weight is 247 g/mol. The van der Waals surface area contributed by atoms with E-state index in [1.54, 1.807) is 0 Å². The van der Waals surface area contributed by atoms with Crippen molar-refractivity contribution in [2.75, 3.05) is 19.7 Å². The summed E-state index contributed by atoms with van der Waals surface area (Å²) in [6, 6.07) is 8.63. The van der Waals surface area contributed by atoms with Gasteiger partial charge >= 0.3 is 0 Å². The van der Waals surface area contributed by atoms with Crippen LogP contribution >= 0.6 is 0 Å². The molecule has 1 aliphatic heterocycles. The van der Waals surface area contributed by atoms with Gasteiger partial charge in [0.25, 0.3) is 0 Å². The molecule has 0 aromatic heterocycles. The van der Waals surface area contributed by atoms with Crippen LogP contribution < -0.4 is 10.1 Å². The SMILES string of the molecule is CCC(C)c1ccc(OCC2CCNCC2)cc1. The molecule has 0 aliphatic carbocycles. The molecule has 1 N–H and O–H groups in total. The van der Waals surface area contributed by atoms with E-state index in [4.69, 9.17) is 4.74 Å². The summed E-state index contributed by atoms with van der Waals surface area (Å²) >= 11 is 0. The minimum absolute atomic E-state index is 0.642. The summed E-state index contributed by atoms with van der Waals surface area (Å²) in [5.41, 5.74) is 1.41. The number of benzene rings is 1.